The van der Waals surface area contributed by atoms with Crippen LogP contribution in [0, 0.1) is 17.8 Å². The van der Waals surface area contributed by atoms with Crippen molar-refractivity contribution < 1.29 is 91.7 Å². The normalized spacial score (nSPS) is 36.2. The van der Waals surface area contributed by atoms with Gasteiger partial charge < -0.3 is 91.6 Å². The number of carbonyl (C=O) groups excluding carboxylic acids is 3. The van der Waals surface area contributed by atoms with Crippen molar-refractivity contribution in [1.82, 2.24) is 14.4 Å². The van der Waals surface area contributed by atoms with Crippen LogP contribution in [0.1, 0.15) is 131 Å². The summed E-state index contributed by atoms with van der Waals surface area (Å²) in [6.07, 6.45) is -6.09. The zero-order valence-electron chi connectivity index (χ0n) is 51.6. The number of nitrogens with zero attached hydrogens (tertiary/aromatic N) is 3. The van der Waals surface area contributed by atoms with Crippen molar-refractivity contribution >= 4 is 28.8 Å². The highest BCUT2D eigenvalue weighted by Crippen LogP contribution is 2.42. The number of carbonyl (C=O) groups is 3. The third-order valence-corrected chi connectivity index (χ3v) is 17.2. The summed E-state index contributed by atoms with van der Waals surface area (Å²) in [5.41, 5.74) is -4.66. The maximum atomic E-state index is 14.6. The number of aliphatic hydroxyl groups is 4. The lowest BCUT2D eigenvalue weighted by Gasteiger charge is -2.49. The Kier molecular flexibility index (Phi) is 24.4. The lowest BCUT2D eigenvalue weighted by atomic mass is 9.77. The van der Waals surface area contributed by atoms with Crippen LogP contribution in [-0.4, -0.2) is 225 Å². The van der Waals surface area contributed by atoms with Gasteiger partial charge in [-0.15, -0.1) is 0 Å². The Bertz CT molecular complexity index is 2490. The first-order valence-corrected chi connectivity index (χ1v) is 29.5. The molecule has 0 amide bonds. The van der Waals surface area contributed by atoms with E-state index in [-0.39, 0.29) is 88.6 Å². The highest BCUT2D eigenvalue weighted by atomic mass is 16.7. The van der Waals surface area contributed by atoms with Crippen LogP contribution in [0.25, 0.3) is 10.9 Å². The zero-order chi connectivity index (χ0) is 61.3. The summed E-state index contributed by atoms with van der Waals surface area (Å²) in [5, 5.41) is 48.5. The van der Waals surface area contributed by atoms with Crippen LogP contribution in [0.5, 0.6) is 5.75 Å². The number of aromatic nitrogens is 1. The van der Waals surface area contributed by atoms with Gasteiger partial charge in [-0.25, -0.2) is 4.79 Å². The van der Waals surface area contributed by atoms with Crippen LogP contribution in [0.4, 0.5) is 0 Å². The van der Waals surface area contributed by atoms with Crippen molar-refractivity contribution in [2.45, 2.75) is 211 Å². The molecule has 4 heterocycles. The summed E-state index contributed by atoms with van der Waals surface area (Å²) in [6.45, 7) is 18.2. The van der Waals surface area contributed by atoms with Gasteiger partial charge in [0.05, 0.1) is 79.7 Å². The van der Waals surface area contributed by atoms with E-state index in [0.29, 0.717) is 36.2 Å². The van der Waals surface area contributed by atoms with Gasteiger partial charge in [0.1, 0.15) is 47.4 Å². The molecule has 472 valence electrons. The third-order valence-electron chi connectivity index (χ3n) is 17.2. The van der Waals surface area contributed by atoms with Gasteiger partial charge >= 0.3 is 17.9 Å². The molecule has 3 saturated heterocycles. The monoisotopic (exact) mass is 1180 g/mol. The molecule has 23 nitrogen and oxygen atoms in total. The SMILES string of the molecule is CC[C@H]1OC(=O)[C@H](C)[C@@H](OC2C[C@](C)(OC)[C@@H](OC(=O)CCOCCOc3ccc4c(c3)c(=O)c(C(=O)OCOCCOC)cn4C3CC3)[C@H](C)O2)[C@H](C)[C@@H](OC2O[C@H](C)C[C@H](N(C)C)[C@H]2O)[C@](C)(O)C[C@@H](C)CN(C)[C@H](C)[C@@H](O)[C@]1(C)O. The van der Waals surface area contributed by atoms with E-state index in [1.807, 2.05) is 49.4 Å². The summed E-state index contributed by atoms with van der Waals surface area (Å²) in [7, 11) is 8.58. The second-order valence-corrected chi connectivity index (χ2v) is 24.5. The van der Waals surface area contributed by atoms with Crippen LogP contribution >= 0.6 is 0 Å². The number of methoxy groups -OCH3 is 2. The van der Waals surface area contributed by atoms with Crippen LogP contribution in [0.3, 0.4) is 0 Å². The van der Waals surface area contributed by atoms with Gasteiger partial charge in [0.25, 0.3) is 0 Å². The topological polar surface area (TPSA) is 271 Å². The predicted octanol–water partition coefficient (Wildman–Crippen LogP) is 4.36. The number of rotatable bonds is 22. The summed E-state index contributed by atoms with van der Waals surface area (Å²) in [4.78, 5) is 58.5. The van der Waals surface area contributed by atoms with E-state index in [9.17, 15) is 39.6 Å². The number of hydrogen-bond acceptors (Lipinski definition) is 22. The molecule has 0 spiro atoms. The maximum absolute atomic E-state index is 14.6. The molecule has 4 fully saturated rings. The smallest absolute Gasteiger partial charge is 0.345 e. The lowest BCUT2D eigenvalue weighted by Crippen LogP contribution is -2.61. The average Bonchev–Trinajstić information content (AvgIpc) is 3.82. The summed E-state index contributed by atoms with van der Waals surface area (Å²) >= 11 is 0. The number of ether oxygens (including phenoxy) is 12. The van der Waals surface area contributed by atoms with E-state index in [4.69, 9.17) is 56.8 Å². The van der Waals surface area contributed by atoms with Crippen LogP contribution in [0.2, 0.25) is 0 Å². The van der Waals surface area contributed by atoms with Gasteiger partial charge in [-0.1, -0.05) is 20.8 Å². The molecule has 83 heavy (non-hydrogen) atoms. The standard InChI is InChI=1S/C60H97N3O20/c1-16-46-60(10,71)52(67)38(6)62(13)31-34(2)29-58(8,70)53(83-57-50(66)45(61(11)12)27-35(3)78-57)36(4)51(37(5)55(68)80-46)82-48-30-59(9,73-15)54(39(7)79-48)81-47(64)21-22-74-25-26-76-41-19-20-44-42(28-41)49(65)43(32-63(44)40-17-18-40)56(69)77-33-75-24-23-72-14/h19-20,28,32,34-40,45-46,48,50-54,57,66-67,70-71H,16-18,21-27,29-31,33H2,1-15H3/t34-,35-,36+,37-,38-,39+,45+,46-,48?,50-,51+,52-,53-,54+,57?,58-,59+,60-/m1/s1. The molecule has 4 N–H and O–H groups in total. The lowest BCUT2D eigenvalue weighted by molar-refractivity contribution is -0.318. The zero-order valence-corrected chi connectivity index (χ0v) is 51.6. The molecule has 1 aromatic carbocycles. The third kappa shape index (κ3) is 17.0. The minimum atomic E-state index is -1.87. The second-order valence-electron chi connectivity index (χ2n) is 24.5. The summed E-state index contributed by atoms with van der Waals surface area (Å²) in [5.74, 6) is -3.92. The van der Waals surface area contributed by atoms with Crippen molar-refractivity contribution in [3.8, 4) is 5.75 Å². The molecule has 1 saturated carbocycles. The molecule has 1 aliphatic carbocycles. The average molecular weight is 1180 g/mol. The van der Waals surface area contributed by atoms with E-state index in [2.05, 4.69) is 0 Å². The van der Waals surface area contributed by atoms with Crippen LogP contribution in [-0.2, 0) is 61.7 Å². The van der Waals surface area contributed by atoms with Crippen LogP contribution < -0.4 is 10.2 Å². The predicted molar refractivity (Wildman–Crippen MR) is 304 cm³/mol. The van der Waals surface area contributed by atoms with E-state index in [1.54, 1.807) is 72.9 Å². The molecule has 0 bridgehead atoms. The number of fused-ring (bicyclic) bond motifs is 1. The van der Waals surface area contributed by atoms with Crippen molar-refractivity contribution in [2.75, 3.05) is 81.7 Å². The fourth-order valence-corrected chi connectivity index (χ4v) is 12.2. The quantitative estimate of drug-likeness (QED) is 0.0552. The Balaban J connectivity index is 1.14. The Hall–Kier alpha value is -3.92. The minimum absolute atomic E-state index is 0.00987. The van der Waals surface area contributed by atoms with E-state index >= 15 is 0 Å². The number of aliphatic hydroxyl groups excluding tert-OH is 2. The molecule has 23 heteroatoms. The first-order valence-electron chi connectivity index (χ1n) is 29.5. The molecule has 18 atom stereocenters. The van der Waals surface area contributed by atoms with Gasteiger partial charge in [-0.05, 0) is 126 Å². The molecule has 6 rings (SSSR count). The molecule has 0 radical (unpaired) electrons. The molecule has 2 unspecified atom stereocenters. The van der Waals surface area contributed by atoms with E-state index < -0.39 is 113 Å². The number of benzene rings is 1. The number of cyclic esters (lactones) is 1. The van der Waals surface area contributed by atoms with Crippen molar-refractivity contribution in [2.24, 2.45) is 17.8 Å². The van der Waals surface area contributed by atoms with Gasteiger partial charge in [0.2, 0.25) is 5.43 Å². The Morgan fingerprint density at radius 1 is 0.880 bits per heavy atom. The first-order chi connectivity index (χ1) is 39.1. The Labute approximate surface area is 489 Å². The number of likely N-dealkylation sites (N-methyl/N-ethyl adjacent to an activating group) is 2. The van der Waals surface area contributed by atoms with Crippen molar-refractivity contribution in [3.05, 3.63) is 40.2 Å². The number of hydrogen-bond donors (Lipinski definition) is 4. The summed E-state index contributed by atoms with van der Waals surface area (Å²) in [6, 6.07) is 4.34. The number of esters is 3. The largest absolute Gasteiger partial charge is 0.491 e. The van der Waals surface area contributed by atoms with Crippen molar-refractivity contribution in [1.29, 1.82) is 0 Å². The molecular formula is C60H97N3O20. The molecule has 2 aromatic rings. The minimum Gasteiger partial charge on any atom is -0.491 e. The fraction of sp³-hybridized carbons (Fsp3) is 0.800. The Morgan fingerprint density at radius 3 is 2.23 bits per heavy atom. The van der Waals surface area contributed by atoms with Crippen LogP contribution in [0.15, 0.2) is 29.2 Å². The van der Waals surface area contributed by atoms with E-state index in [0.717, 1.165) is 12.8 Å². The molecule has 4 aliphatic rings. The molecule has 3 aliphatic heterocycles. The fourth-order valence-electron chi connectivity index (χ4n) is 12.2. The summed E-state index contributed by atoms with van der Waals surface area (Å²) < 4.78 is 73.9. The van der Waals surface area contributed by atoms with Gasteiger partial charge in [0, 0.05) is 57.4 Å². The molecule has 1 aromatic heterocycles. The first kappa shape index (κ1) is 68.2. The van der Waals surface area contributed by atoms with E-state index in [1.165, 1.54) is 21.1 Å². The maximum Gasteiger partial charge on any atom is 0.345 e. The second kappa shape index (κ2) is 29.7. The van der Waals surface area contributed by atoms with Gasteiger partial charge in [0.15, 0.2) is 25.5 Å². The number of pyridine rings is 1. The highest BCUT2D eigenvalue weighted by molar-refractivity contribution is 5.94. The van der Waals surface area contributed by atoms with Gasteiger partial charge in [-0.2, -0.15) is 0 Å². The molecular weight excluding hydrogens is 1080 g/mol. The van der Waals surface area contributed by atoms with Gasteiger partial charge in [-0.3, -0.25) is 14.4 Å². The van der Waals surface area contributed by atoms with Crippen molar-refractivity contribution in [3.63, 3.8) is 0 Å². The highest BCUT2D eigenvalue weighted by Gasteiger charge is 2.54. The Morgan fingerprint density at radius 2 is 1.58 bits per heavy atom.